The summed E-state index contributed by atoms with van der Waals surface area (Å²) < 4.78 is 11.6. The number of rotatable bonds is 3. The van der Waals surface area contributed by atoms with E-state index in [2.05, 4.69) is 5.32 Å². The first-order valence-electron chi connectivity index (χ1n) is 9.43. The third kappa shape index (κ3) is 3.02. The smallest absolute Gasteiger partial charge is 0.336 e. The van der Waals surface area contributed by atoms with E-state index in [9.17, 15) is 9.59 Å². The predicted molar refractivity (Wildman–Crippen MR) is 119 cm³/mol. The van der Waals surface area contributed by atoms with E-state index in [4.69, 9.17) is 8.83 Å². The topological polar surface area (TPSA) is 72.5 Å². The van der Waals surface area contributed by atoms with E-state index < -0.39 is 5.63 Å². The van der Waals surface area contributed by atoms with E-state index in [0.29, 0.717) is 33.1 Å². The van der Waals surface area contributed by atoms with Crippen LogP contribution < -0.4 is 10.9 Å². The SMILES string of the molecule is Cc1cc(C)c2oc(=O)cc(-c3oc4ccccc4c3NC(=O)c3cccs3)c2c1. The molecule has 0 bridgehead atoms. The summed E-state index contributed by atoms with van der Waals surface area (Å²) in [4.78, 5) is 25.8. The summed E-state index contributed by atoms with van der Waals surface area (Å²) in [5.74, 6) is 0.210. The highest BCUT2D eigenvalue weighted by atomic mass is 32.1. The molecule has 0 fully saturated rings. The van der Waals surface area contributed by atoms with Crippen LogP contribution in [0.25, 0.3) is 33.3 Å². The molecule has 148 valence electrons. The zero-order valence-electron chi connectivity index (χ0n) is 16.3. The first kappa shape index (κ1) is 18.4. The second-order valence-corrected chi connectivity index (χ2v) is 8.12. The first-order chi connectivity index (χ1) is 14.5. The van der Waals surface area contributed by atoms with Crippen LogP contribution in [0.2, 0.25) is 0 Å². The van der Waals surface area contributed by atoms with E-state index >= 15 is 0 Å². The largest absolute Gasteiger partial charge is 0.454 e. The number of carbonyl (C=O) groups is 1. The molecule has 0 unspecified atom stereocenters. The fourth-order valence-electron chi connectivity index (χ4n) is 3.75. The van der Waals surface area contributed by atoms with Gasteiger partial charge in [0.2, 0.25) is 0 Å². The molecule has 5 rings (SSSR count). The van der Waals surface area contributed by atoms with Gasteiger partial charge in [-0.3, -0.25) is 4.79 Å². The van der Waals surface area contributed by atoms with Crippen molar-refractivity contribution in [3.05, 3.63) is 86.4 Å². The predicted octanol–water partition coefficient (Wildman–Crippen LogP) is 6.14. The number of fused-ring (bicyclic) bond motifs is 2. The van der Waals surface area contributed by atoms with Crippen LogP contribution in [0.4, 0.5) is 5.69 Å². The van der Waals surface area contributed by atoms with Crippen LogP contribution in [0, 0.1) is 13.8 Å². The first-order valence-corrected chi connectivity index (χ1v) is 10.3. The molecule has 5 aromatic rings. The maximum atomic E-state index is 12.8. The van der Waals surface area contributed by atoms with Crippen molar-refractivity contribution in [3.63, 3.8) is 0 Å². The number of para-hydroxylation sites is 1. The lowest BCUT2D eigenvalue weighted by Gasteiger charge is -2.09. The standard InChI is InChI=1S/C24H17NO4S/c1-13-10-14(2)22-16(11-13)17(12-20(26)29-22)23-21(15-6-3-4-7-18(15)28-23)25-24(27)19-8-5-9-30-19/h3-12H,1-2H3,(H,25,27). The summed E-state index contributed by atoms with van der Waals surface area (Å²) in [6.07, 6.45) is 0. The molecule has 0 saturated carbocycles. The number of furan rings is 1. The van der Waals surface area contributed by atoms with E-state index in [-0.39, 0.29) is 5.91 Å². The van der Waals surface area contributed by atoms with Crippen molar-refractivity contribution >= 4 is 44.9 Å². The fraction of sp³-hybridized carbons (Fsp3) is 0.0833. The summed E-state index contributed by atoms with van der Waals surface area (Å²) >= 11 is 1.36. The Morgan fingerprint density at radius 3 is 2.60 bits per heavy atom. The third-order valence-electron chi connectivity index (χ3n) is 5.00. The minimum absolute atomic E-state index is 0.225. The molecule has 3 aromatic heterocycles. The van der Waals surface area contributed by atoms with Crippen molar-refractivity contribution in [2.45, 2.75) is 13.8 Å². The third-order valence-corrected chi connectivity index (χ3v) is 5.87. The van der Waals surface area contributed by atoms with Crippen LogP contribution in [-0.4, -0.2) is 5.91 Å². The van der Waals surface area contributed by atoms with E-state index in [1.807, 2.05) is 61.7 Å². The van der Waals surface area contributed by atoms with Gasteiger partial charge in [-0.25, -0.2) is 4.79 Å². The fourth-order valence-corrected chi connectivity index (χ4v) is 4.36. The van der Waals surface area contributed by atoms with Crippen molar-refractivity contribution in [3.8, 4) is 11.3 Å². The van der Waals surface area contributed by atoms with E-state index in [1.54, 1.807) is 6.07 Å². The zero-order chi connectivity index (χ0) is 20.8. The van der Waals surface area contributed by atoms with Gasteiger partial charge in [-0.1, -0.05) is 24.3 Å². The lowest BCUT2D eigenvalue weighted by molar-refractivity contribution is 0.103. The van der Waals surface area contributed by atoms with Gasteiger partial charge < -0.3 is 14.2 Å². The molecule has 5 nitrogen and oxygen atoms in total. The number of anilines is 1. The minimum atomic E-state index is -0.472. The van der Waals surface area contributed by atoms with E-state index in [1.165, 1.54) is 17.4 Å². The van der Waals surface area contributed by atoms with Crippen molar-refractivity contribution in [1.29, 1.82) is 0 Å². The van der Waals surface area contributed by atoms with Crippen LogP contribution in [0.15, 0.2) is 73.6 Å². The highest BCUT2D eigenvalue weighted by Crippen LogP contribution is 2.41. The Balaban J connectivity index is 1.80. The maximum absolute atomic E-state index is 12.8. The summed E-state index contributed by atoms with van der Waals surface area (Å²) in [6, 6.07) is 16.4. The highest BCUT2D eigenvalue weighted by molar-refractivity contribution is 7.12. The number of benzene rings is 2. The molecule has 1 N–H and O–H groups in total. The van der Waals surface area contributed by atoms with Gasteiger partial charge in [0.1, 0.15) is 11.2 Å². The van der Waals surface area contributed by atoms with Crippen LogP contribution in [0.3, 0.4) is 0 Å². The molecular formula is C24H17NO4S. The second kappa shape index (κ2) is 7.00. The summed E-state index contributed by atoms with van der Waals surface area (Å²) in [7, 11) is 0. The van der Waals surface area contributed by atoms with Gasteiger partial charge in [0.15, 0.2) is 5.76 Å². The van der Waals surface area contributed by atoms with Crippen molar-refractivity contribution in [2.24, 2.45) is 0 Å². The number of nitrogens with one attached hydrogen (secondary N) is 1. The Morgan fingerprint density at radius 2 is 1.80 bits per heavy atom. The summed E-state index contributed by atoms with van der Waals surface area (Å²) in [5, 5.41) is 6.37. The van der Waals surface area contributed by atoms with Gasteiger partial charge in [0.25, 0.3) is 5.91 Å². The van der Waals surface area contributed by atoms with E-state index in [0.717, 1.165) is 21.9 Å². The molecule has 1 amide bonds. The van der Waals surface area contributed by atoms with Gasteiger partial charge in [0, 0.05) is 22.4 Å². The molecule has 3 heterocycles. The van der Waals surface area contributed by atoms with Crippen molar-refractivity contribution in [2.75, 3.05) is 5.32 Å². The van der Waals surface area contributed by atoms with Gasteiger partial charge >= 0.3 is 5.63 Å². The van der Waals surface area contributed by atoms with Crippen molar-refractivity contribution in [1.82, 2.24) is 0 Å². The number of thiophene rings is 1. The Kier molecular flexibility index (Phi) is 4.29. The molecule has 0 aliphatic heterocycles. The summed E-state index contributed by atoms with van der Waals surface area (Å²) in [5.41, 5.74) is 3.69. The molecule has 6 heteroatoms. The molecule has 0 saturated heterocycles. The monoisotopic (exact) mass is 415 g/mol. The quantitative estimate of drug-likeness (QED) is 0.359. The van der Waals surface area contributed by atoms with Crippen LogP contribution in [0.5, 0.6) is 0 Å². The number of carbonyl (C=O) groups excluding carboxylic acids is 1. The van der Waals surface area contributed by atoms with Gasteiger partial charge in [-0.05, 0) is 54.6 Å². The number of hydrogen-bond donors (Lipinski definition) is 1. The van der Waals surface area contributed by atoms with Gasteiger partial charge in [-0.15, -0.1) is 11.3 Å². The Labute approximate surface area is 175 Å². The molecule has 0 aliphatic carbocycles. The Morgan fingerprint density at radius 1 is 0.967 bits per heavy atom. The second-order valence-electron chi connectivity index (χ2n) is 7.17. The lowest BCUT2D eigenvalue weighted by atomic mass is 10.0. The molecule has 0 aliphatic rings. The average molecular weight is 415 g/mol. The van der Waals surface area contributed by atoms with Crippen molar-refractivity contribution < 1.29 is 13.6 Å². The molecular weight excluding hydrogens is 398 g/mol. The lowest BCUT2D eigenvalue weighted by Crippen LogP contribution is -2.10. The number of amides is 1. The van der Waals surface area contributed by atoms with Gasteiger partial charge in [0.05, 0.1) is 10.6 Å². The van der Waals surface area contributed by atoms with Crippen LogP contribution in [0.1, 0.15) is 20.8 Å². The average Bonchev–Trinajstić information content (AvgIpc) is 3.37. The Bertz CT molecular complexity index is 1470. The minimum Gasteiger partial charge on any atom is -0.454 e. The number of aryl methyl sites for hydroxylation is 2. The van der Waals surface area contributed by atoms with Crippen LogP contribution >= 0.6 is 11.3 Å². The normalized spacial score (nSPS) is 11.3. The number of hydrogen-bond acceptors (Lipinski definition) is 5. The van der Waals surface area contributed by atoms with Crippen LogP contribution in [-0.2, 0) is 0 Å². The molecule has 0 atom stereocenters. The molecule has 0 radical (unpaired) electrons. The molecule has 2 aromatic carbocycles. The zero-order valence-corrected chi connectivity index (χ0v) is 17.1. The molecule has 30 heavy (non-hydrogen) atoms. The highest BCUT2D eigenvalue weighted by Gasteiger charge is 2.22. The maximum Gasteiger partial charge on any atom is 0.336 e. The molecule has 0 spiro atoms. The van der Waals surface area contributed by atoms with Gasteiger partial charge in [-0.2, -0.15) is 0 Å². The Hall–Kier alpha value is -3.64. The summed E-state index contributed by atoms with van der Waals surface area (Å²) in [6.45, 7) is 3.89.